The number of nitrogens with zero attached hydrogens (tertiary/aromatic N) is 1. The fraction of sp³-hybridized carbons (Fsp3) is 0.412. The first kappa shape index (κ1) is 14.0. The quantitative estimate of drug-likeness (QED) is 0.851. The molecule has 2 aromatic rings. The van der Waals surface area contributed by atoms with Crippen LogP contribution >= 0.6 is 0 Å². The smallest absolute Gasteiger partial charge is 0.0449 e. The van der Waals surface area contributed by atoms with Gasteiger partial charge in [-0.15, -0.1) is 0 Å². The Hall–Kier alpha value is -1.38. The maximum Gasteiger partial charge on any atom is 0.0449 e. The molecule has 0 aliphatic carbocycles. The van der Waals surface area contributed by atoms with Crippen LogP contribution in [0.1, 0.15) is 25.5 Å². The van der Waals surface area contributed by atoms with Crippen molar-refractivity contribution in [3.63, 3.8) is 0 Å². The van der Waals surface area contributed by atoms with Crippen LogP contribution < -0.4 is 5.32 Å². The third-order valence-corrected chi connectivity index (χ3v) is 3.66. The van der Waals surface area contributed by atoms with Crippen molar-refractivity contribution in [1.29, 1.82) is 0 Å². The van der Waals surface area contributed by atoms with E-state index in [-0.39, 0.29) is 0 Å². The highest BCUT2D eigenvalue weighted by molar-refractivity contribution is 5.83. The molecule has 1 atom stereocenters. The highest BCUT2D eigenvalue weighted by Gasteiger charge is 2.12. The molecule has 2 rings (SSSR count). The molecular weight excluding hydrogens is 232 g/mol. The van der Waals surface area contributed by atoms with Crippen LogP contribution in [0, 0.1) is 0 Å². The summed E-state index contributed by atoms with van der Waals surface area (Å²) in [6.45, 7) is 7.48. The molecule has 0 amide bonds. The molecule has 0 heterocycles. The van der Waals surface area contributed by atoms with Crippen LogP contribution in [0.2, 0.25) is 0 Å². The Bertz CT molecular complexity index is 521. The fourth-order valence-corrected chi connectivity index (χ4v) is 2.40. The molecule has 0 saturated carbocycles. The van der Waals surface area contributed by atoms with Gasteiger partial charge in [-0.05, 0) is 42.5 Å². The van der Waals surface area contributed by atoms with Gasteiger partial charge in [-0.25, -0.2) is 0 Å². The summed E-state index contributed by atoms with van der Waals surface area (Å²) in [4.78, 5) is 2.35. The Labute approximate surface area is 116 Å². The zero-order chi connectivity index (χ0) is 13.7. The summed E-state index contributed by atoms with van der Waals surface area (Å²) in [7, 11) is 2.17. The molecular formula is C17H24N2. The van der Waals surface area contributed by atoms with Crippen LogP contribution in [-0.4, -0.2) is 31.6 Å². The standard InChI is InChI=1S/C17H24N2/c1-4-18-17(13-19(3)5-2)16-11-10-14-8-6-7-9-15(14)12-16/h6-12,17-18H,4-5,13H2,1-3H3. The molecule has 102 valence electrons. The van der Waals surface area contributed by atoms with E-state index in [1.54, 1.807) is 0 Å². The maximum absolute atomic E-state index is 3.59. The van der Waals surface area contributed by atoms with E-state index in [4.69, 9.17) is 0 Å². The largest absolute Gasteiger partial charge is 0.309 e. The number of benzene rings is 2. The summed E-state index contributed by atoms with van der Waals surface area (Å²) in [5.74, 6) is 0. The molecule has 1 unspecified atom stereocenters. The molecule has 0 saturated heterocycles. The number of likely N-dealkylation sites (N-methyl/N-ethyl adjacent to an activating group) is 2. The van der Waals surface area contributed by atoms with Gasteiger partial charge < -0.3 is 10.2 Å². The van der Waals surface area contributed by atoms with Crippen molar-refractivity contribution in [1.82, 2.24) is 10.2 Å². The minimum absolute atomic E-state index is 0.402. The highest BCUT2D eigenvalue weighted by Crippen LogP contribution is 2.21. The average molecular weight is 256 g/mol. The highest BCUT2D eigenvalue weighted by atomic mass is 15.1. The van der Waals surface area contributed by atoms with Crippen molar-refractivity contribution in [3.8, 4) is 0 Å². The van der Waals surface area contributed by atoms with Crippen molar-refractivity contribution in [2.24, 2.45) is 0 Å². The van der Waals surface area contributed by atoms with Crippen LogP contribution in [-0.2, 0) is 0 Å². The number of hydrogen-bond donors (Lipinski definition) is 1. The predicted molar refractivity (Wildman–Crippen MR) is 83.5 cm³/mol. The Kier molecular flexibility index (Phi) is 4.94. The summed E-state index contributed by atoms with van der Waals surface area (Å²) in [6.07, 6.45) is 0. The normalized spacial score (nSPS) is 13.1. The third kappa shape index (κ3) is 3.55. The minimum atomic E-state index is 0.402. The number of hydrogen-bond acceptors (Lipinski definition) is 2. The zero-order valence-corrected chi connectivity index (χ0v) is 12.2. The van der Waals surface area contributed by atoms with Gasteiger partial charge in [-0.1, -0.05) is 50.2 Å². The van der Waals surface area contributed by atoms with Gasteiger partial charge in [0.1, 0.15) is 0 Å². The minimum Gasteiger partial charge on any atom is -0.309 e. The molecule has 0 fully saturated rings. The molecule has 0 spiro atoms. The van der Waals surface area contributed by atoms with E-state index in [0.717, 1.165) is 19.6 Å². The van der Waals surface area contributed by atoms with Crippen LogP contribution in [0.5, 0.6) is 0 Å². The summed E-state index contributed by atoms with van der Waals surface area (Å²) in [6, 6.07) is 15.7. The number of nitrogens with one attached hydrogen (secondary N) is 1. The van der Waals surface area contributed by atoms with E-state index in [1.807, 2.05) is 0 Å². The second-order valence-electron chi connectivity index (χ2n) is 5.07. The Balaban J connectivity index is 2.27. The van der Waals surface area contributed by atoms with E-state index in [1.165, 1.54) is 16.3 Å². The van der Waals surface area contributed by atoms with E-state index < -0.39 is 0 Å². The molecule has 2 heteroatoms. The average Bonchev–Trinajstić information content (AvgIpc) is 2.46. The van der Waals surface area contributed by atoms with E-state index in [0.29, 0.717) is 6.04 Å². The van der Waals surface area contributed by atoms with E-state index in [2.05, 4.69) is 73.6 Å². The first-order valence-electron chi connectivity index (χ1n) is 7.15. The second-order valence-corrected chi connectivity index (χ2v) is 5.07. The lowest BCUT2D eigenvalue weighted by Crippen LogP contribution is -2.32. The Morgan fingerprint density at radius 3 is 2.47 bits per heavy atom. The topological polar surface area (TPSA) is 15.3 Å². The summed E-state index contributed by atoms with van der Waals surface area (Å²) < 4.78 is 0. The molecule has 0 aliphatic heterocycles. The van der Waals surface area contributed by atoms with Crippen LogP contribution in [0.15, 0.2) is 42.5 Å². The lowest BCUT2D eigenvalue weighted by atomic mass is 10.0. The fourth-order valence-electron chi connectivity index (χ4n) is 2.40. The van der Waals surface area contributed by atoms with Crippen LogP contribution in [0.3, 0.4) is 0 Å². The molecule has 0 aliphatic rings. The molecule has 2 aromatic carbocycles. The van der Waals surface area contributed by atoms with Crippen molar-refractivity contribution < 1.29 is 0 Å². The van der Waals surface area contributed by atoms with Crippen molar-refractivity contribution in [3.05, 3.63) is 48.0 Å². The van der Waals surface area contributed by atoms with E-state index >= 15 is 0 Å². The molecule has 2 nitrogen and oxygen atoms in total. The van der Waals surface area contributed by atoms with E-state index in [9.17, 15) is 0 Å². The Morgan fingerprint density at radius 1 is 1.05 bits per heavy atom. The summed E-state index contributed by atoms with van der Waals surface area (Å²) in [5, 5.41) is 6.22. The Morgan fingerprint density at radius 2 is 1.79 bits per heavy atom. The lowest BCUT2D eigenvalue weighted by Gasteiger charge is -2.24. The van der Waals surface area contributed by atoms with Crippen LogP contribution in [0.25, 0.3) is 10.8 Å². The zero-order valence-electron chi connectivity index (χ0n) is 12.2. The van der Waals surface area contributed by atoms with Gasteiger partial charge in [0.2, 0.25) is 0 Å². The van der Waals surface area contributed by atoms with Crippen LogP contribution in [0.4, 0.5) is 0 Å². The van der Waals surface area contributed by atoms with Gasteiger partial charge in [0, 0.05) is 12.6 Å². The molecule has 0 bridgehead atoms. The van der Waals surface area contributed by atoms with Gasteiger partial charge in [0.05, 0.1) is 0 Å². The first-order chi connectivity index (χ1) is 9.24. The molecule has 0 radical (unpaired) electrons. The first-order valence-corrected chi connectivity index (χ1v) is 7.15. The SMILES string of the molecule is CCNC(CN(C)CC)c1ccc2ccccc2c1. The second kappa shape index (κ2) is 6.69. The molecule has 1 N–H and O–H groups in total. The maximum atomic E-state index is 3.59. The van der Waals surface area contributed by atoms with Gasteiger partial charge >= 0.3 is 0 Å². The van der Waals surface area contributed by atoms with Gasteiger partial charge in [-0.2, -0.15) is 0 Å². The molecule has 19 heavy (non-hydrogen) atoms. The van der Waals surface area contributed by atoms with Gasteiger partial charge in [0.25, 0.3) is 0 Å². The number of rotatable bonds is 6. The van der Waals surface area contributed by atoms with Gasteiger partial charge in [0.15, 0.2) is 0 Å². The van der Waals surface area contributed by atoms with Crippen molar-refractivity contribution in [2.75, 3.05) is 26.7 Å². The summed E-state index contributed by atoms with van der Waals surface area (Å²) in [5.41, 5.74) is 1.38. The lowest BCUT2D eigenvalue weighted by molar-refractivity contribution is 0.305. The number of fused-ring (bicyclic) bond motifs is 1. The third-order valence-electron chi connectivity index (χ3n) is 3.66. The van der Waals surface area contributed by atoms with Crippen molar-refractivity contribution in [2.45, 2.75) is 19.9 Å². The molecule has 0 aromatic heterocycles. The summed E-state index contributed by atoms with van der Waals surface area (Å²) >= 11 is 0. The van der Waals surface area contributed by atoms with Gasteiger partial charge in [-0.3, -0.25) is 0 Å². The monoisotopic (exact) mass is 256 g/mol. The predicted octanol–water partition coefficient (Wildman–Crippen LogP) is 3.44. The van der Waals surface area contributed by atoms with Crippen molar-refractivity contribution >= 4 is 10.8 Å².